The standard InChI is InChI=1S/C16H27N3/c1-7-9-19(6)15-11-13(10-14(8-2)18-15)12-17-16(3,4)5/h7,10-11,17H,1,8-9,12H2,2-6H3. The highest BCUT2D eigenvalue weighted by Crippen LogP contribution is 2.15. The highest BCUT2D eigenvalue weighted by Gasteiger charge is 2.10. The summed E-state index contributed by atoms with van der Waals surface area (Å²) in [6, 6.07) is 4.34. The summed E-state index contributed by atoms with van der Waals surface area (Å²) in [5.74, 6) is 1.02. The number of nitrogens with one attached hydrogen (secondary N) is 1. The SMILES string of the molecule is C=CCN(C)c1cc(CNC(C)(C)C)cc(CC)n1. The summed E-state index contributed by atoms with van der Waals surface area (Å²) >= 11 is 0. The van der Waals surface area contributed by atoms with Crippen molar-refractivity contribution in [2.75, 3.05) is 18.5 Å². The third-order valence-electron chi connectivity index (χ3n) is 2.90. The van der Waals surface area contributed by atoms with Gasteiger partial charge in [0.15, 0.2) is 0 Å². The van der Waals surface area contributed by atoms with Crippen molar-refractivity contribution in [1.82, 2.24) is 10.3 Å². The topological polar surface area (TPSA) is 28.2 Å². The minimum Gasteiger partial charge on any atom is -0.356 e. The van der Waals surface area contributed by atoms with Crippen LogP contribution in [0, 0.1) is 0 Å². The summed E-state index contributed by atoms with van der Waals surface area (Å²) in [4.78, 5) is 6.78. The van der Waals surface area contributed by atoms with Crippen molar-refractivity contribution in [3.63, 3.8) is 0 Å². The molecule has 0 aliphatic heterocycles. The zero-order chi connectivity index (χ0) is 14.5. The van der Waals surface area contributed by atoms with E-state index in [2.05, 4.69) is 61.6 Å². The van der Waals surface area contributed by atoms with Crippen LogP contribution in [-0.4, -0.2) is 24.1 Å². The quantitative estimate of drug-likeness (QED) is 0.797. The third-order valence-corrected chi connectivity index (χ3v) is 2.90. The number of likely N-dealkylation sites (N-methyl/N-ethyl adjacent to an activating group) is 1. The molecule has 0 radical (unpaired) electrons. The Hall–Kier alpha value is -1.35. The largest absolute Gasteiger partial charge is 0.356 e. The second-order valence-electron chi connectivity index (χ2n) is 5.95. The monoisotopic (exact) mass is 261 g/mol. The second-order valence-corrected chi connectivity index (χ2v) is 5.95. The van der Waals surface area contributed by atoms with Gasteiger partial charge in [-0.25, -0.2) is 4.98 Å². The minimum atomic E-state index is 0.128. The lowest BCUT2D eigenvalue weighted by atomic mass is 10.1. The number of nitrogens with zero attached hydrogens (tertiary/aromatic N) is 2. The predicted molar refractivity (Wildman–Crippen MR) is 83.7 cm³/mol. The van der Waals surface area contributed by atoms with Crippen LogP contribution in [0.2, 0.25) is 0 Å². The van der Waals surface area contributed by atoms with Gasteiger partial charge in [-0.15, -0.1) is 6.58 Å². The molecule has 1 heterocycles. The van der Waals surface area contributed by atoms with E-state index >= 15 is 0 Å². The van der Waals surface area contributed by atoms with Gasteiger partial charge >= 0.3 is 0 Å². The van der Waals surface area contributed by atoms with Gasteiger partial charge in [-0.05, 0) is 44.9 Å². The maximum Gasteiger partial charge on any atom is 0.129 e. The first-order chi connectivity index (χ1) is 8.85. The van der Waals surface area contributed by atoms with E-state index in [1.165, 1.54) is 5.56 Å². The van der Waals surface area contributed by atoms with Crippen LogP contribution in [0.3, 0.4) is 0 Å². The summed E-state index contributed by atoms with van der Waals surface area (Å²) in [5.41, 5.74) is 2.55. The van der Waals surface area contributed by atoms with E-state index in [1.54, 1.807) is 0 Å². The van der Waals surface area contributed by atoms with Crippen molar-refractivity contribution in [1.29, 1.82) is 0 Å². The van der Waals surface area contributed by atoms with Gasteiger partial charge in [-0.2, -0.15) is 0 Å². The zero-order valence-corrected chi connectivity index (χ0v) is 13.0. The van der Waals surface area contributed by atoms with E-state index in [1.807, 2.05) is 13.1 Å². The fourth-order valence-corrected chi connectivity index (χ4v) is 1.77. The Morgan fingerprint density at radius 2 is 2.05 bits per heavy atom. The molecule has 1 N–H and O–H groups in total. The highest BCUT2D eigenvalue weighted by molar-refractivity contribution is 5.42. The fraction of sp³-hybridized carbons (Fsp3) is 0.562. The van der Waals surface area contributed by atoms with E-state index in [0.29, 0.717) is 0 Å². The Morgan fingerprint density at radius 1 is 1.37 bits per heavy atom. The summed E-state index contributed by atoms with van der Waals surface area (Å²) in [5, 5.41) is 3.52. The number of aryl methyl sites for hydroxylation is 1. The number of rotatable bonds is 6. The number of pyridine rings is 1. The van der Waals surface area contributed by atoms with E-state index < -0.39 is 0 Å². The molecule has 0 aliphatic carbocycles. The Labute approximate surface area is 117 Å². The molecule has 3 heteroatoms. The number of hydrogen-bond acceptors (Lipinski definition) is 3. The summed E-state index contributed by atoms with van der Waals surface area (Å²) in [6.45, 7) is 14.1. The molecule has 0 unspecified atom stereocenters. The average Bonchev–Trinajstić information content (AvgIpc) is 2.35. The summed E-state index contributed by atoms with van der Waals surface area (Å²) in [6.07, 6.45) is 2.85. The van der Waals surface area contributed by atoms with Crippen LogP contribution in [0.5, 0.6) is 0 Å². The summed E-state index contributed by atoms with van der Waals surface area (Å²) in [7, 11) is 2.05. The Kier molecular flexibility index (Phi) is 5.55. The van der Waals surface area contributed by atoms with Gasteiger partial charge in [-0.3, -0.25) is 0 Å². The predicted octanol–water partition coefficient (Wildman–Crippen LogP) is 3.15. The minimum absolute atomic E-state index is 0.128. The van der Waals surface area contributed by atoms with Crippen molar-refractivity contribution in [2.24, 2.45) is 0 Å². The lowest BCUT2D eigenvalue weighted by Gasteiger charge is -2.22. The molecule has 0 amide bonds. The van der Waals surface area contributed by atoms with Crippen LogP contribution in [-0.2, 0) is 13.0 Å². The van der Waals surface area contributed by atoms with Gasteiger partial charge < -0.3 is 10.2 Å². The zero-order valence-electron chi connectivity index (χ0n) is 13.0. The third kappa shape index (κ3) is 5.43. The van der Waals surface area contributed by atoms with E-state index in [0.717, 1.165) is 31.0 Å². The van der Waals surface area contributed by atoms with Gasteiger partial charge in [0.25, 0.3) is 0 Å². The molecule has 0 spiro atoms. The first kappa shape index (κ1) is 15.7. The van der Waals surface area contributed by atoms with Crippen LogP contribution in [0.1, 0.15) is 39.0 Å². The molecule has 1 aromatic rings. The smallest absolute Gasteiger partial charge is 0.129 e. The molecule has 1 aromatic heterocycles. The average molecular weight is 261 g/mol. The summed E-state index contributed by atoms with van der Waals surface area (Å²) < 4.78 is 0. The van der Waals surface area contributed by atoms with Crippen LogP contribution in [0.25, 0.3) is 0 Å². The molecule has 0 saturated heterocycles. The van der Waals surface area contributed by atoms with Crippen LogP contribution >= 0.6 is 0 Å². The van der Waals surface area contributed by atoms with Crippen molar-refractivity contribution in [3.8, 4) is 0 Å². The first-order valence-electron chi connectivity index (χ1n) is 6.92. The Morgan fingerprint density at radius 3 is 2.58 bits per heavy atom. The Bertz CT molecular complexity index is 418. The molecule has 3 nitrogen and oxygen atoms in total. The van der Waals surface area contributed by atoms with Crippen LogP contribution < -0.4 is 10.2 Å². The molecule has 0 atom stereocenters. The van der Waals surface area contributed by atoms with Gasteiger partial charge in [0.2, 0.25) is 0 Å². The van der Waals surface area contributed by atoms with Crippen molar-refractivity contribution in [3.05, 3.63) is 36.0 Å². The lowest BCUT2D eigenvalue weighted by Crippen LogP contribution is -2.35. The normalized spacial score (nSPS) is 11.4. The number of hydrogen-bond donors (Lipinski definition) is 1. The molecule has 1 rings (SSSR count). The van der Waals surface area contributed by atoms with Crippen molar-refractivity contribution >= 4 is 5.82 Å². The van der Waals surface area contributed by atoms with E-state index in [4.69, 9.17) is 0 Å². The van der Waals surface area contributed by atoms with E-state index in [9.17, 15) is 0 Å². The lowest BCUT2D eigenvalue weighted by molar-refractivity contribution is 0.424. The van der Waals surface area contributed by atoms with Gasteiger partial charge in [0.1, 0.15) is 5.82 Å². The molecule has 0 fully saturated rings. The molecule has 106 valence electrons. The molecular formula is C16H27N3. The maximum atomic E-state index is 4.67. The van der Waals surface area contributed by atoms with E-state index in [-0.39, 0.29) is 5.54 Å². The number of aromatic nitrogens is 1. The molecule has 0 aliphatic rings. The Balaban J connectivity index is 2.91. The van der Waals surface area contributed by atoms with Gasteiger partial charge in [0, 0.05) is 31.4 Å². The fourth-order valence-electron chi connectivity index (χ4n) is 1.77. The molecular weight excluding hydrogens is 234 g/mol. The van der Waals surface area contributed by atoms with Crippen molar-refractivity contribution < 1.29 is 0 Å². The highest BCUT2D eigenvalue weighted by atomic mass is 15.2. The first-order valence-corrected chi connectivity index (χ1v) is 6.92. The van der Waals surface area contributed by atoms with Crippen molar-refractivity contribution in [2.45, 2.75) is 46.2 Å². The van der Waals surface area contributed by atoms with Gasteiger partial charge in [-0.1, -0.05) is 13.0 Å². The molecule has 0 aromatic carbocycles. The van der Waals surface area contributed by atoms with Gasteiger partial charge in [0.05, 0.1) is 0 Å². The molecule has 0 saturated carbocycles. The molecule has 19 heavy (non-hydrogen) atoms. The molecule has 0 bridgehead atoms. The van der Waals surface area contributed by atoms with Crippen LogP contribution in [0.15, 0.2) is 24.8 Å². The second kappa shape index (κ2) is 6.71. The maximum absolute atomic E-state index is 4.67. The van der Waals surface area contributed by atoms with Crippen LogP contribution in [0.4, 0.5) is 5.82 Å². The number of anilines is 1.